The van der Waals surface area contributed by atoms with Crippen LogP contribution in [0.15, 0.2) is 36.4 Å². The van der Waals surface area contributed by atoms with Gasteiger partial charge >= 0.3 is 0 Å². The molecule has 1 N–H and O–H groups in total. The van der Waals surface area contributed by atoms with Crippen molar-refractivity contribution in [3.8, 4) is 0 Å². The highest BCUT2D eigenvalue weighted by molar-refractivity contribution is 5.94. The normalized spacial score (nSPS) is 14.9. The number of carbonyl (C=O) groups is 1. The number of halogens is 2. The predicted molar refractivity (Wildman–Crippen MR) is 85.3 cm³/mol. The molecule has 0 heterocycles. The quantitative estimate of drug-likeness (QED) is 0.897. The summed E-state index contributed by atoms with van der Waals surface area (Å²) in [5, 5.41) is 2.84. The molecule has 3 rings (SSSR count). The summed E-state index contributed by atoms with van der Waals surface area (Å²) in [6, 6.07) is 9.08. The molecular weight excluding hydrogens is 296 g/mol. The summed E-state index contributed by atoms with van der Waals surface area (Å²) in [5.74, 6) is -1.99. The Balaban J connectivity index is 1.74. The Hall–Kier alpha value is -2.23. The molecule has 4 heteroatoms. The molecule has 0 aliphatic heterocycles. The predicted octanol–water partition coefficient (Wildman–Crippen LogP) is 4.33. The summed E-state index contributed by atoms with van der Waals surface area (Å²) in [6.07, 6.45) is 4.44. The minimum atomic E-state index is -0.905. The number of fused-ring (bicyclic) bond motifs is 1. The molecule has 0 fully saturated rings. The van der Waals surface area contributed by atoms with E-state index in [1.165, 1.54) is 23.6 Å². The van der Waals surface area contributed by atoms with Crippen molar-refractivity contribution in [1.82, 2.24) is 5.32 Å². The lowest BCUT2D eigenvalue weighted by Crippen LogP contribution is -2.27. The molecule has 0 saturated carbocycles. The van der Waals surface area contributed by atoms with Crippen molar-refractivity contribution in [1.29, 1.82) is 0 Å². The van der Waals surface area contributed by atoms with Gasteiger partial charge in [-0.2, -0.15) is 0 Å². The van der Waals surface area contributed by atoms with Crippen LogP contribution in [0.4, 0.5) is 8.78 Å². The minimum Gasteiger partial charge on any atom is -0.346 e. The van der Waals surface area contributed by atoms with Crippen LogP contribution in [0.25, 0.3) is 0 Å². The Kier molecular flexibility index (Phi) is 4.42. The lowest BCUT2D eigenvalue weighted by atomic mass is 9.90. The SMILES string of the molecule is CC(NC(=O)c1ccc2c(c1)CCCC2)c1ccc(F)c(F)c1. The van der Waals surface area contributed by atoms with E-state index in [0.717, 1.165) is 31.4 Å². The van der Waals surface area contributed by atoms with Crippen LogP contribution in [0.2, 0.25) is 0 Å². The number of hydrogen-bond acceptors (Lipinski definition) is 1. The molecule has 0 spiro atoms. The first-order chi connectivity index (χ1) is 11.0. The third-order valence-electron chi connectivity index (χ3n) is 4.40. The highest BCUT2D eigenvalue weighted by Gasteiger charge is 2.16. The minimum absolute atomic E-state index is 0.199. The first-order valence-corrected chi connectivity index (χ1v) is 7.92. The molecule has 0 aromatic heterocycles. The molecular formula is C19H19F2NO. The van der Waals surface area contributed by atoms with Gasteiger partial charge in [0.05, 0.1) is 6.04 Å². The van der Waals surface area contributed by atoms with Gasteiger partial charge in [0.2, 0.25) is 0 Å². The van der Waals surface area contributed by atoms with Crippen LogP contribution in [-0.4, -0.2) is 5.91 Å². The smallest absolute Gasteiger partial charge is 0.251 e. The first kappa shape index (κ1) is 15.7. The van der Waals surface area contributed by atoms with Gasteiger partial charge in [-0.15, -0.1) is 0 Å². The molecule has 0 saturated heterocycles. The zero-order chi connectivity index (χ0) is 16.4. The van der Waals surface area contributed by atoms with Gasteiger partial charge in [0.15, 0.2) is 11.6 Å². The molecule has 2 aromatic carbocycles. The molecule has 1 amide bonds. The monoisotopic (exact) mass is 315 g/mol. The second-order valence-electron chi connectivity index (χ2n) is 6.06. The zero-order valence-electron chi connectivity index (χ0n) is 13.0. The second kappa shape index (κ2) is 6.49. The molecule has 0 radical (unpaired) electrons. The van der Waals surface area contributed by atoms with E-state index in [9.17, 15) is 13.6 Å². The summed E-state index contributed by atoms with van der Waals surface area (Å²) in [7, 11) is 0. The molecule has 1 aliphatic carbocycles. The number of rotatable bonds is 3. The second-order valence-corrected chi connectivity index (χ2v) is 6.06. The van der Waals surface area contributed by atoms with E-state index in [0.29, 0.717) is 11.1 Å². The standard InChI is InChI=1S/C19H19F2NO/c1-12(14-8-9-17(20)18(21)11-14)22-19(23)16-7-6-13-4-2-3-5-15(13)10-16/h6-12H,2-5H2,1H3,(H,22,23). The molecule has 1 unspecified atom stereocenters. The maximum Gasteiger partial charge on any atom is 0.251 e. The Labute approximate surface area is 134 Å². The third-order valence-corrected chi connectivity index (χ3v) is 4.40. The number of aryl methyl sites for hydroxylation is 2. The lowest BCUT2D eigenvalue weighted by molar-refractivity contribution is 0.0939. The van der Waals surface area contributed by atoms with Gasteiger partial charge in [-0.05, 0) is 73.6 Å². The van der Waals surface area contributed by atoms with E-state index in [2.05, 4.69) is 5.32 Å². The van der Waals surface area contributed by atoms with Crippen LogP contribution in [0, 0.1) is 11.6 Å². The molecule has 2 aromatic rings. The summed E-state index contributed by atoms with van der Waals surface area (Å²) in [5.41, 5.74) is 3.71. The van der Waals surface area contributed by atoms with Gasteiger partial charge in [0.25, 0.3) is 5.91 Å². The molecule has 2 nitrogen and oxygen atoms in total. The van der Waals surface area contributed by atoms with Crippen molar-refractivity contribution in [3.63, 3.8) is 0 Å². The Morgan fingerprint density at radius 3 is 2.48 bits per heavy atom. The van der Waals surface area contributed by atoms with Gasteiger partial charge < -0.3 is 5.32 Å². The molecule has 0 bridgehead atoms. The average molecular weight is 315 g/mol. The Morgan fingerprint density at radius 1 is 1.00 bits per heavy atom. The van der Waals surface area contributed by atoms with Gasteiger partial charge in [-0.25, -0.2) is 8.78 Å². The van der Waals surface area contributed by atoms with Crippen LogP contribution in [0.3, 0.4) is 0 Å². The molecule has 120 valence electrons. The van der Waals surface area contributed by atoms with Crippen molar-refractivity contribution >= 4 is 5.91 Å². The number of benzene rings is 2. The van der Waals surface area contributed by atoms with Crippen LogP contribution < -0.4 is 5.32 Å². The summed E-state index contributed by atoms with van der Waals surface area (Å²) < 4.78 is 26.3. The largest absolute Gasteiger partial charge is 0.346 e. The number of amides is 1. The molecule has 1 aliphatic rings. The number of hydrogen-bond donors (Lipinski definition) is 1. The highest BCUT2D eigenvalue weighted by Crippen LogP contribution is 2.23. The number of nitrogens with one attached hydrogen (secondary N) is 1. The number of carbonyl (C=O) groups excluding carboxylic acids is 1. The van der Waals surface area contributed by atoms with Crippen molar-refractivity contribution in [3.05, 3.63) is 70.3 Å². The van der Waals surface area contributed by atoms with E-state index in [4.69, 9.17) is 0 Å². The van der Waals surface area contributed by atoms with Crippen molar-refractivity contribution in [2.75, 3.05) is 0 Å². The maximum absolute atomic E-state index is 13.3. The first-order valence-electron chi connectivity index (χ1n) is 7.92. The fourth-order valence-electron chi connectivity index (χ4n) is 3.02. The fourth-order valence-corrected chi connectivity index (χ4v) is 3.02. The summed E-state index contributed by atoms with van der Waals surface area (Å²) in [6.45, 7) is 1.75. The van der Waals surface area contributed by atoms with Crippen molar-refractivity contribution < 1.29 is 13.6 Å². The van der Waals surface area contributed by atoms with Crippen LogP contribution >= 0.6 is 0 Å². The van der Waals surface area contributed by atoms with Crippen LogP contribution in [0.1, 0.15) is 52.9 Å². The zero-order valence-corrected chi connectivity index (χ0v) is 13.0. The highest BCUT2D eigenvalue weighted by atomic mass is 19.2. The Bertz CT molecular complexity index is 742. The van der Waals surface area contributed by atoms with E-state index < -0.39 is 17.7 Å². The van der Waals surface area contributed by atoms with Gasteiger partial charge in [0.1, 0.15) is 0 Å². The van der Waals surface area contributed by atoms with Crippen LogP contribution in [0.5, 0.6) is 0 Å². The Morgan fingerprint density at radius 2 is 1.74 bits per heavy atom. The van der Waals surface area contributed by atoms with Crippen molar-refractivity contribution in [2.24, 2.45) is 0 Å². The topological polar surface area (TPSA) is 29.1 Å². The van der Waals surface area contributed by atoms with E-state index in [1.54, 1.807) is 6.92 Å². The van der Waals surface area contributed by atoms with E-state index >= 15 is 0 Å². The molecule has 1 atom stereocenters. The maximum atomic E-state index is 13.3. The van der Waals surface area contributed by atoms with Gasteiger partial charge in [-0.3, -0.25) is 4.79 Å². The van der Waals surface area contributed by atoms with Crippen LogP contribution in [-0.2, 0) is 12.8 Å². The van der Waals surface area contributed by atoms with E-state index in [-0.39, 0.29) is 5.91 Å². The lowest BCUT2D eigenvalue weighted by Gasteiger charge is -2.18. The fraction of sp³-hybridized carbons (Fsp3) is 0.316. The van der Waals surface area contributed by atoms with E-state index in [1.807, 2.05) is 18.2 Å². The van der Waals surface area contributed by atoms with Gasteiger partial charge in [-0.1, -0.05) is 12.1 Å². The van der Waals surface area contributed by atoms with Crippen molar-refractivity contribution in [2.45, 2.75) is 38.6 Å². The van der Waals surface area contributed by atoms with Gasteiger partial charge in [0, 0.05) is 5.56 Å². The average Bonchev–Trinajstić information content (AvgIpc) is 2.56. The summed E-state index contributed by atoms with van der Waals surface area (Å²) >= 11 is 0. The third kappa shape index (κ3) is 3.41. The summed E-state index contributed by atoms with van der Waals surface area (Å²) in [4.78, 5) is 12.4. The molecule has 23 heavy (non-hydrogen) atoms.